The van der Waals surface area contributed by atoms with E-state index in [1.807, 2.05) is 6.07 Å². The minimum atomic E-state index is -0.0395. The molecule has 0 N–H and O–H groups in total. The summed E-state index contributed by atoms with van der Waals surface area (Å²) in [7, 11) is 4.44. The molecule has 1 spiro atoms. The van der Waals surface area contributed by atoms with E-state index in [0.717, 1.165) is 43.2 Å². The quantitative estimate of drug-likeness (QED) is 0.459. The molecule has 33 heavy (non-hydrogen) atoms. The van der Waals surface area contributed by atoms with E-state index in [1.54, 1.807) is 0 Å². The number of hydrogen-bond donors (Lipinski definition) is 0. The molecule has 176 valence electrons. The van der Waals surface area contributed by atoms with E-state index in [-0.39, 0.29) is 17.1 Å². The number of carbonyl (C=O) groups excluding carboxylic acids is 1. The number of halogens is 1. The number of benzene rings is 2. The molecule has 4 nitrogen and oxygen atoms in total. The van der Waals surface area contributed by atoms with E-state index in [4.69, 9.17) is 0 Å². The highest BCUT2D eigenvalue weighted by molar-refractivity contribution is 9.10. The van der Waals surface area contributed by atoms with Gasteiger partial charge in [0.05, 0.1) is 5.54 Å². The molecule has 2 saturated carbocycles. The molecule has 2 aromatic rings. The zero-order valence-electron chi connectivity index (χ0n) is 20.0. The minimum absolute atomic E-state index is 0.0395. The van der Waals surface area contributed by atoms with Gasteiger partial charge in [-0.1, -0.05) is 70.9 Å². The highest BCUT2D eigenvalue weighted by atomic mass is 79.9. The summed E-state index contributed by atoms with van der Waals surface area (Å²) in [5.74, 6) is 0.684. The van der Waals surface area contributed by atoms with E-state index in [0.29, 0.717) is 12.5 Å². The first-order chi connectivity index (χ1) is 15.9. The Kier molecular flexibility index (Phi) is 6.30. The van der Waals surface area contributed by atoms with E-state index in [1.165, 1.54) is 30.4 Å². The van der Waals surface area contributed by atoms with Gasteiger partial charge in [0.2, 0.25) is 0 Å². The van der Waals surface area contributed by atoms with Crippen LogP contribution in [0.25, 0.3) is 0 Å². The summed E-state index contributed by atoms with van der Waals surface area (Å²) in [6, 6.07) is 19.5. The lowest BCUT2D eigenvalue weighted by Gasteiger charge is -2.51. The van der Waals surface area contributed by atoms with Crippen molar-refractivity contribution >= 4 is 22.0 Å². The van der Waals surface area contributed by atoms with Crippen molar-refractivity contribution in [3.05, 3.63) is 70.2 Å². The third-order valence-electron chi connectivity index (χ3n) is 8.72. The Morgan fingerprint density at radius 1 is 0.970 bits per heavy atom. The standard InChI is InChI=1S/C28H36BrN3O/c1-30(2)28(24-12-4-3-5-13-24)17-15-27(16-18-28)21-31(20-23-11-6-7-14-25(23)29)26(33)32(27)19-22-9-8-10-22/h3-7,11-14,22H,8-10,15-21H2,1-2H3/t27-,28+. The van der Waals surface area contributed by atoms with Gasteiger partial charge in [0.25, 0.3) is 0 Å². The predicted molar refractivity (Wildman–Crippen MR) is 137 cm³/mol. The van der Waals surface area contributed by atoms with Crippen LogP contribution in [0.1, 0.15) is 56.1 Å². The third kappa shape index (κ3) is 4.12. The van der Waals surface area contributed by atoms with Crippen molar-refractivity contribution in [3.63, 3.8) is 0 Å². The Hall–Kier alpha value is -1.85. The molecule has 0 aromatic heterocycles. The van der Waals surface area contributed by atoms with E-state index < -0.39 is 0 Å². The molecule has 2 aromatic carbocycles. The van der Waals surface area contributed by atoms with Gasteiger partial charge in [-0.3, -0.25) is 4.90 Å². The van der Waals surface area contributed by atoms with Crippen molar-refractivity contribution in [1.82, 2.24) is 14.7 Å². The number of amides is 2. The Balaban J connectivity index is 1.41. The van der Waals surface area contributed by atoms with Gasteiger partial charge in [0.1, 0.15) is 0 Å². The van der Waals surface area contributed by atoms with E-state index in [2.05, 4.69) is 93.3 Å². The van der Waals surface area contributed by atoms with Crippen LogP contribution >= 0.6 is 15.9 Å². The van der Waals surface area contributed by atoms with Crippen molar-refractivity contribution in [2.45, 2.75) is 62.6 Å². The van der Waals surface area contributed by atoms with Gasteiger partial charge in [-0.25, -0.2) is 4.79 Å². The second kappa shape index (κ2) is 9.07. The van der Waals surface area contributed by atoms with Crippen molar-refractivity contribution < 1.29 is 4.79 Å². The summed E-state index contributed by atoms with van der Waals surface area (Å²) in [4.78, 5) is 20.6. The average molecular weight is 511 g/mol. The van der Waals surface area contributed by atoms with Crippen molar-refractivity contribution in [2.24, 2.45) is 5.92 Å². The maximum Gasteiger partial charge on any atom is 0.320 e. The third-order valence-corrected chi connectivity index (χ3v) is 9.49. The second-order valence-electron chi connectivity index (χ2n) is 10.7. The summed E-state index contributed by atoms with van der Waals surface area (Å²) in [6.07, 6.45) is 8.16. The molecule has 2 aliphatic carbocycles. The van der Waals surface area contributed by atoms with Crippen LogP contribution in [0.3, 0.4) is 0 Å². The predicted octanol–water partition coefficient (Wildman–Crippen LogP) is 6.26. The summed E-state index contributed by atoms with van der Waals surface area (Å²) in [5.41, 5.74) is 2.61. The van der Waals surface area contributed by atoms with Crippen LogP contribution in [0.2, 0.25) is 0 Å². The van der Waals surface area contributed by atoms with Crippen LogP contribution in [0.5, 0.6) is 0 Å². The highest BCUT2D eigenvalue weighted by Gasteiger charge is 2.54. The highest BCUT2D eigenvalue weighted by Crippen LogP contribution is 2.49. The minimum Gasteiger partial charge on any atom is -0.318 e. The summed E-state index contributed by atoms with van der Waals surface area (Å²) < 4.78 is 1.09. The first-order valence-corrected chi connectivity index (χ1v) is 13.3. The molecular weight excluding hydrogens is 474 g/mol. The summed E-state index contributed by atoms with van der Waals surface area (Å²) >= 11 is 3.69. The normalized spacial score (nSPS) is 28.1. The molecule has 0 atom stereocenters. The van der Waals surface area contributed by atoms with E-state index >= 15 is 0 Å². The van der Waals surface area contributed by atoms with Crippen LogP contribution in [-0.2, 0) is 12.1 Å². The molecule has 0 unspecified atom stereocenters. The average Bonchev–Trinajstić information content (AvgIpc) is 3.04. The van der Waals surface area contributed by atoms with Gasteiger partial charge in [0.15, 0.2) is 0 Å². The lowest BCUT2D eigenvalue weighted by Crippen LogP contribution is -2.56. The molecule has 3 aliphatic rings. The second-order valence-corrected chi connectivity index (χ2v) is 11.5. The monoisotopic (exact) mass is 509 g/mol. The maximum absolute atomic E-state index is 13.8. The molecule has 0 radical (unpaired) electrons. The molecule has 5 rings (SSSR count). The zero-order valence-corrected chi connectivity index (χ0v) is 21.6. The number of rotatable bonds is 6. The Bertz CT molecular complexity index is 980. The smallest absolute Gasteiger partial charge is 0.318 e. The van der Waals surface area contributed by atoms with Gasteiger partial charge in [-0.05, 0) is 75.7 Å². The van der Waals surface area contributed by atoms with Crippen LogP contribution in [0.4, 0.5) is 4.79 Å². The molecule has 1 heterocycles. The van der Waals surface area contributed by atoms with Crippen molar-refractivity contribution in [2.75, 3.05) is 27.2 Å². The fourth-order valence-corrected chi connectivity index (χ4v) is 6.75. The Morgan fingerprint density at radius 2 is 1.64 bits per heavy atom. The number of carbonyl (C=O) groups is 1. The van der Waals surface area contributed by atoms with Crippen LogP contribution < -0.4 is 0 Å². The Morgan fingerprint density at radius 3 is 2.24 bits per heavy atom. The van der Waals surface area contributed by atoms with Crippen molar-refractivity contribution in [3.8, 4) is 0 Å². The Labute approximate surface area is 207 Å². The molecule has 1 aliphatic heterocycles. The van der Waals surface area contributed by atoms with E-state index in [9.17, 15) is 4.79 Å². The van der Waals surface area contributed by atoms with Crippen LogP contribution in [-0.4, -0.2) is 53.5 Å². The largest absolute Gasteiger partial charge is 0.320 e. The molecule has 2 amide bonds. The summed E-state index contributed by atoms with van der Waals surface area (Å²) in [6.45, 7) is 2.46. The zero-order chi connectivity index (χ0) is 23.1. The molecule has 0 bridgehead atoms. The number of nitrogens with zero attached hydrogens (tertiary/aromatic N) is 3. The molecular formula is C28H36BrN3O. The maximum atomic E-state index is 13.8. The van der Waals surface area contributed by atoms with Crippen LogP contribution in [0, 0.1) is 5.92 Å². The van der Waals surface area contributed by atoms with Gasteiger partial charge in [0, 0.05) is 29.6 Å². The van der Waals surface area contributed by atoms with Crippen LogP contribution in [0.15, 0.2) is 59.1 Å². The van der Waals surface area contributed by atoms with Gasteiger partial charge < -0.3 is 9.80 Å². The first kappa shape index (κ1) is 22.9. The topological polar surface area (TPSA) is 26.8 Å². The molecule has 1 saturated heterocycles. The fourth-order valence-electron chi connectivity index (χ4n) is 6.34. The van der Waals surface area contributed by atoms with Gasteiger partial charge >= 0.3 is 6.03 Å². The molecule has 3 fully saturated rings. The van der Waals surface area contributed by atoms with Crippen molar-refractivity contribution in [1.29, 1.82) is 0 Å². The fraction of sp³-hybridized carbons (Fsp3) is 0.536. The summed E-state index contributed by atoms with van der Waals surface area (Å²) in [5, 5.41) is 0. The number of urea groups is 1. The lowest BCUT2D eigenvalue weighted by molar-refractivity contribution is 0.0159. The van der Waals surface area contributed by atoms with Gasteiger partial charge in [-0.15, -0.1) is 0 Å². The lowest BCUT2D eigenvalue weighted by atomic mass is 9.68. The SMILES string of the molecule is CN(C)[C@]1(c2ccccc2)CC[C@]2(CC1)CN(Cc1ccccc1Br)C(=O)N2CC1CCC1. The first-order valence-electron chi connectivity index (χ1n) is 12.5. The van der Waals surface area contributed by atoms with Gasteiger partial charge in [-0.2, -0.15) is 0 Å². The molecule has 5 heteroatoms. The number of hydrogen-bond acceptors (Lipinski definition) is 2.